The average molecular weight is 549 g/mol. The molecule has 0 atom stereocenters. The minimum Gasteiger partial charge on any atom is -0.457 e. The highest BCUT2D eigenvalue weighted by Gasteiger charge is 2.10. The van der Waals surface area contributed by atoms with Crippen molar-refractivity contribution < 1.29 is 13.6 Å². The number of amides is 1. The Bertz CT molecular complexity index is 1590. The van der Waals surface area contributed by atoms with Gasteiger partial charge in [0.25, 0.3) is 0 Å². The minimum absolute atomic E-state index is 0.205. The number of oxazole rings is 1. The molecule has 10 heteroatoms. The molecule has 0 unspecified atom stereocenters. The lowest BCUT2D eigenvalue weighted by molar-refractivity contribution is -0.115. The molecule has 37 heavy (non-hydrogen) atoms. The maximum Gasteiger partial charge on any atom is 0.250 e. The van der Waals surface area contributed by atoms with Crippen molar-refractivity contribution in [1.82, 2.24) is 20.6 Å². The van der Waals surface area contributed by atoms with Crippen molar-refractivity contribution in [3.05, 3.63) is 100 Å². The largest absolute Gasteiger partial charge is 0.457 e. The van der Waals surface area contributed by atoms with Gasteiger partial charge in [0.05, 0.1) is 5.02 Å². The lowest BCUT2D eigenvalue weighted by Gasteiger charge is -2.08. The zero-order valence-corrected chi connectivity index (χ0v) is 21.4. The Morgan fingerprint density at radius 3 is 2.65 bits per heavy atom. The number of thiocarbonyl (C=S) groups is 1. The molecule has 0 aliphatic carbocycles. The van der Waals surface area contributed by atoms with Gasteiger partial charge < -0.3 is 14.2 Å². The maximum atomic E-state index is 12.3. The molecular weight excluding hydrogens is 531 g/mol. The lowest BCUT2D eigenvalue weighted by Crippen LogP contribution is -2.37. The molecule has 3 heterocycles. The van der Waals surface area contributed by atoms with Crippen LogP contribution in [0.25, 0.3) is 40.1 Å². The fourth-order valence-corrected chi connectivity index (χ4v) is 4.15. The highest BCUT2D eigenvalue weighted by atomic mass is 35.5. The molecule has 5 aromatic rings. The van der Waals surface area contributed by atoms with Crippen LogP contribution in [0.5, 0.6) is 0 Å². The van der Waals surface area contributed by atoms with Crippen molar-refractivity contribution in [1.29, 1.82) is 0 Å². The van der Waals surface area contributed by atoms with E-state index in [9.17, 15) is 4.79 Å². The van der Waals surface area contributed by atoms with Gasteiger partial charge in [-0.1, -0.05) is 35.3 Å². The van der Waals surface area contributed by atoms with Crippen molar-refractivity contribution in [3.63, 3.8) is 0 Å². The molecule has 0 radical (unpaired) electrons. The summed E-state index contributed by atoms with van der Waals surface area (Å²) in [6, 6.07) is 19.9. The van der Waals surface area contributed by atoms with Crippen LogP contribution >= 0.6 is 35.4 Å². The van der Waals surface area contributed by atoms with Crippen LogP contribution in [-0.2, 0) is 11.3 Å². The third kappa shape index (κ3) is 6.06. The van der Waals surface area contributed by atoms with Crippen LogP contribution in [-0.4, -0.2) is 21.0 Å². The highest BCUT2D eigenvalue weighted by molar-refractivity contribution is 7.80. The molecule has 0 fully saturated rings. The summed E-state index contributed by atoms with van der Waals surface area (Å²) < 4.78 is 11.5. The van der Waals surface area contributed by atoms with Crippen molar-refractivity contribution in [3.8, 4) is 22.8 Å². The summed E-state index contributed by atoms with van der Waals surface area (Å²) in [7, 11) is 0. The summed E-state index contributed by atoms with van der Waals surface area (Å²) in [5.41, 5.74) is 3.71. The first kappa shape index (κ1) is 24.7. The van der Waals surface area contributed by atoms with Crippen molar-refractivity contribution in [2.75, 3.05) is 0 Å². The van der Waals surface area contributed by atoms with Gasteiger partial charge in [0, 0.05) is 35.0 Å². The molecule has 0 aliphatic rings. The normalized spacial score (nSPS) is 11.2. The molecular formula is C27H18Cl2N4O3S. The number of hydrogen-bond donors (Lipinski definition) is 2. The molecule has 0 aliphatic heterocycles. The number of hydrogen-bond acceptors (Lipinski definition) is 6. The number of halogens is 2. The summed E-state index contributed by atoms with van der Waals surface area (Å²) in [4.78, 5) is 20.8. The first-order chi connectivity index (χ1) is 17.9. The Kier molecular flexibility index (Phi) is 7.32. The molecule has 2 N–H and O–H groups in total. The Balaban J connectivity index is 1.12. The van der Waals surface area contributed by atoms with E-state index in [4.69, 9.17) is 44.3 Å². The summed E-state index contributed by atoms with van der Waals surface area (Å²) in [6.07, 6.45) is 4.56. The first-order valence-corrected chi connectivity index (χ1v) is 12.2. The first-order valence-electron chi connectivity index (χ1n) is 11.1. The van der Waals surface area contributed by atoms with E-state index in [1.54, 1.807) is 48.7 Å². The van der Waals surface area contributed by atoms with Crippen LogP contribution in [0.3, 0.4) is 0 Å². The number of aromatic nitrogens is 2. The van der Waals surface area contributed by atoms with E-state index in [2.05, 4.69) is 20.6 Å². The summed E-state index contributed by atoms with van der Waals surface area (Å²) in [5.74, 6) is 1.17. The molecule has 3 aromatic heterocycles. The molecule has 0 bridgehead atoms. The van der Waals surface area contributed by atoms with Gasteiger partial charge >= 0.3 is 0 Å². The van der Waals surface area contributed by atoms with Gasteiger partial charge in [0.2, 0.25) is 11.8 Å². The molecule has 1 amide bonds. The van der Waals surface area contributed by atoms with E-state index in [-0.39, 0.29) is 11.0 Å². The van der Waals surface area contributed by atoms with E-state index < -0.39 is 0 Å². The van der Waals surface area contributed by atoms with Gasteiger partial charge in [-0.05, 0) is 78.5 Å². The van der Waals surface area contributed by atoms with Gasteiger partial charge in [-0.3, -0.25) is 10.1 Å². The number of benzene rings is 2. The van der Waals surface area contributed by atoms with Gasteiger partial charge in [-0.15, -0.1) is 0 Å². The Labute approximate surface area is 227 Å². The molecule has 0 saturated heterocycles. The topological polar surface area (TPSA) is 93.2 Å². The second-order valence-electron chi connectivity index (χ2n) is 7.87. The Hall–Kier alpha value is -3.98. The predicted molar refractivity (Wildman–Crippen MR) is 148 cm³/mol. The summed E-state index contributed by atoms with van der Waals surface area (Å²) in [6.45, 7) is 0.432. The van der Waals surface area contributed by atoms with Crippen LogP contribution in [0.2, 0.25) is 10.0 Å². The summed E-state index contributed by atoms with van der Waals surface area (Å²) in [5, 5.41) is 6.84. The minimum atomic E-state index is -0.389. The SMILES string of the molecule is O=C(/C=C/c1ccc(-c2ccc(Cl)cc2Cl)o1)NC(=S)NCc1ccc(-c2nc3ncccc3o2)cc1. The third-order valence-corrected chi connectivity index (χ3v) is 6.07. The predicted octanol–water partition coefficient (Wildman–Crippen LogP) is 6.66. The molecule has 7 nitrogen and oxygen atoms in total. The molecule has 0 saturated carbocycles. The molecule has 0 spiro atoms. The number of nitrogens with one attached hydrogen (secondary N) is 2. The number of carbonyl (C=O) groups is 1. The Morgan fingerprint density at radius 2 is 1.86 bits per heavy atom. The van der Waals surface area contributed by atoms with E-state index in [0.29, 0.717) is 50.8 Å². The quantitative estimate of drug-likeness (QED) is 0.181. The molecule has 5 rings (SSSR count). The Morgan fingerprint density at radius 1 is 1.03 bits per heavy atom. The van der Waals surface area contributed by atoms with Gasteiger partial charge in [-0.25, -0.2) is 4.98 Å². The number of carbonyl (C=O) groups excluding carboxylic acids is 1. The number of pyridine rings is 1. The van der Waals surface area contributed by atoms with E-state index >= 15 is 0 Å². The van der Waals surface area contributed by atoms with Crippen molar-refractivity contribution >= 4 is 63.7 Å². The highest BCUT2D eigenvalue weighted by Crippen LogP contribution is 2.31. The second kappa shape index (κ2) is 11.0. The lowest BCUT2D eigenvalue weighted by atomic mass is 10.1. The number of fused-ring (bicyclic) bond motifs is 1. The number of furan rings is 1. The average Bonchev–Trinajstić information content (AvgIpc) is 3.54. The monoisotopic (exact) mass is 548 g/mol. The van der Waals surface area contributed by atoms with E-state index in [1.165, 1.54) is 6.08 Å². The van der Waals surface area contributed by atoms with Crippen LogP contribution in [0.4, 0.5) is 0 Å². The van der Waals surface area contributed by atoms with Gasteiger partial charge in [-0.2, -0.15) is 4.98 Å². The van der Waals surface area contributed by atoms with Gasteiger partial charge in [0.1, 0.15) is 11.5 Å². The number of nitrogens with zero attached hydrogens (tertiary/aromatic N) is 2. The van der Waals surface area contributed by atoms with E-state index in [0.717, 1.165) is 11.1 Å². The zero-order chi connectivity index (χ0) is 25.8. The number of rotatable bonds is 6. The van der Waals surface area contributed by atoms with Crippen LogP contribution in [0, 0.1) is 0 Å². The van der Waals surface area contributed by atoms with Crippen molar-refractivity contribution in [2.24, 2.45) is 0 Å². The van der Waals surface area contributed by atoms with Crippen LogP contribution in [0.15, 0.2) is 87.8 Å². The summed E-state index contributed by atoms with van der Waals surface area (Å²) >= 11 is 17.4. The molecule has 2 aromatic carbocycles. The maximum absolute atomic E-state index is 12.3. The van der Waals surface area contributed by atoms with E-state index in [1.807, 2.05) is 30.3 Å². The standard InChI is InChI=1S/C27H18Cl2N4O3S/c28-18-7-10-20(21(29)14-18)22-11-8-19(35-22)9-12-24(34)32-27(37)31-15-16-3-5-17(6-4-16)26-33-25-23(36-26)2-1-13-30-25/h1-14H,15H2,(H2,31,32,34,37)/b12-9+. The van der Waals surface area contributed by atoms with Crippen LogP contribution in [0.1, 0.15) is 11.3 Å². The van der Waals surface area contributed by atoms with Crippen molar-refractivity contribution in [2.45, 2.75) is 6.54 Å². The fourth-order valence-electron chi connectivity index (χ4n) is 3.47. The van der Waals surface area contributed by atoms with Crippen LogP contribution < -0.4 is 10.6 Å². The fraction of sp³-hybridized carbons (Fsp3) is 0.0370. The smallest absolute Gasteiger partial charge is 0.250 e. The zero-order valence-electron chi connectivity index (χ0n) is 19.1. The third-order valence-electron chi connectivity index (χ3n) is 5.28. The second-order valence-corrected chi connectivity index (χ2v) is 9.12. The molecule has 184 valence electrons. The van der Waals surface area contributed by atoms with Gasteiger partial charge in [0.15, 0.2) is 16.3 Å².